The van der Waals surface area contributed by atoms with Gasteiger partial charge in [0.15, 0.2) is 18.9 Å². The molecular weight excluding hydrogens is 1530 g/mol. The minimum atomic E-state index is -4.04. The van der Waals surface area contributed by atoms with Crippen molar-refractivity contribution in [3.63, 3.8) is 0 Å². The van der Waals surface area contributed by atoms with E-state index >= 15 is 0 Å². The van der Waals surface area contributed by atoms with Crippen molar-refractivity contribution in [3.8, 4) is 0 Å². The lowest BCUT2D eigenvalue weighted by Gasteiger charge is -2.40. The van der Waals surface area contributed by atoms with Crippen LogP contribution >= 0.6 is 7.82 Å². The maximum Gasteiger partial charge on any atom is 0.471 e. The molecule has 0 radical (unpaired) electrons. The van der Waals surface area contributed by atoms with Crippen LogP contribution in [0.15, 0.2) is 6.20 Å². The van der Waals surface area contributed by atoms with Crippen molar-refractivity contribution >= 4 is 31.0 Å². The molecule has 3 saturated heterocycles. The van der Waals surface area contributed by atoms with Gasteiger partial charge in [-0.1, -0.05) is 32.4 Å². The van der Waals surface area contributed by atoms with Crippen LogP contribution < -0.4 is 0 Å². The highest BCUT2D eigenvalue weighted by Crippen LogP contribution is 2.42. The third-order valence-electron chi connectivity index (χ3n) is 19.2. The van der Waals surface area contributed by atoms with Crippen LogP contribution in [0.2, 0.25) is 0 Å². The summed E-state index contributed by atoms with van der Waals surface area (Å²) in [6.07, 6.45) is -4.13. The molecule has 0 amide bonds. The molecule has 38 nitrogen and oxygen atoms in total. The van der Waals surface area contributed by atoms with Gasteiger partial charge in [-0.15, -0.1) is 5.10 Å². The predicted octanol–water partition coefficient (Wildman–Crippen LogP) is 0.563. The van der Waals surface area contributed by atoms with Gasteiger partial charge in [-0.3, -0.25) is 32.9 Å². The van der Waals surface area contributed by atoms with Crippen LogP contribution in [0.5, 0.6) is 0 Å². The number of carbonyl (C=O) groups excluding carboxylic acids is 4. The van der Waals surface area contributed by atoms with E-state index in [1.54, 1.807) is 25.5 Å². The molecule has 0 aromatic carbocycles. The van der Waals surface area contributed by atoms with Gasteiger partial charge in [0.05, 0.1) is 209 Å². The van der Waals surface area contributed by atoms with Crippen molar-refractivity contribution in [3.05, 3.63) is 11.9 Å². The van der Waals surface area contributed by atoms with Crippen molar-refractivity contribution in [2.45, 2.75) is 210 Å². The average molecular weight is 1670 g/mol. The third-order valence-corrected chi connectivity index (χ3v) is 20.1. The first-order valence-corrected chi connectivity index (χ1v) is 41.7. The molecule has 3 fully saturated rings. The Labute approximate surface area is 669 Å². The molecule has 114 heavy (non-hydrogen) atoms. The number of unbranched alkanes of at least 4 members (excludes halogenated alkanes) is 3. The summed E-state index contributed by atoms with van der Waals surface area (Å²) in [5, 5.41) is 97.7. The molecule has 3 aliphatic rings. The number of aryl methyl sites for hydroxylation is 2. The van der Waals surface area contributed by atoms with E-state index in [2.05, 4.69) is 14.8 Å². The SMILES string of the molecule is COP(=O)(O)OCCCCc1cn(CCCCCC(=O)CC(COCCC(=O)CCCOCCOCCOCCOC2OC(CO)C(O)C(O)C2C)(COCCC(=O)CCCOCCOCCOCCOC2OC(CO)C(O)C(O)C2C)COCCC(=O)CCCOCCOCCOCCOC2OC(CO)C(O)C(O)C2C)nn1. The number of carbonyl (C=O) groups is 4. The van der Waals surface area contributed by atoms with E-state index in [4.69, 9.17) is 89.8 Å². The Morgan fingerprint density at radius 1 is 0.404 bits per heavy atom. The molecule has 4 heterocycles. The van der Waals surface area contributed by atoms with Crippen LogP contribution in [-0.4, -0.2) is 375 Å². The van der Waals surface area contributed by atoms with Crippen LogP contribution in [0.25, 0.3) is 0 Å². The molecule has 16 atom stereocenters. The van der Waals surface area contributed by atoms with E-state index in [9.17, 15) is 74.6 Å². The van der Waals surface area contributed by atoms with Crippen molar-refractivity contribution in [2.75, 3.05) is 212 Å². The quantitative estimate of drug-likeness (QED) is 0.0315. The molecule has 0 bridgehead atoms. The van der Waals surface area contributed by atoms with Gasteiger partial charge in [-0.25, -0.2) is 4.57 Å². The zero-order chi connectivity index (χ0) is 83.0. The first-order valence-electron chi connectivity index (χ1n) is 40.2. The molecule has 1 aromatic rings. The molecule has 1 aromatic heterocycles. The van der Waals surface area contributed by atoms with Crippen molar-refractivity contribution < 1.29 is 169 Å². The fraction of sp³-hybridized carbons (Fsp3) is 0.920. The maximum absolute atomic E-state index is 14.1. The van der Waals surface area contributed by atoms with Gasteiger partial charge in [0.25, 0.3) is 0 Å². The molecule has 0 aliphatic carbocycles. The van der Waals surface area contributed by atoms with Crippen LogP contribution in [0.4, 0.5) is 0 Å². The molecule has 39 heteroatoms. The van der Waals surface area contributed by atoms with E-state index in [1.807, 2.05) is 6.20 Å². The highest BCUT2D eigenvalue weighted by molar-refractivity contribution is 7.47. The Bertz CT molecular complexity index is 2460. The fourth-order valence-electron chi connectivity index (χ4n) is 12.2. The lowest BCUT2D eigenvalue weighted by Crippen LogP contribution is -2.55. The number of phosphoric acid groups is 1. The Morgan fingerprint density at radius 2 is 0.737 bits per heavy atom. The van der Waals surface area contributed by atoms with Crippen molar-refractivity contribution in [1.82, 2.24) is 15.0 Å². The van der Waals surface area contributed by atoms with Gasteiger partial charge in [0.1, 0.15) is 59.8 Å². The number of aliphatic hydroxyl groups is 9. The first-order chi connectivity index (χ1) is 55.1. The maximum atomic E-state index is 14.1. The number of hydrogen-bond donors (Lipinski definition) is 10. The summed E-state index contributed by atoms with van der Waals surface area (Å²) >= 11 is 0. The summed E-state index contributed by atoms with van der Waals surface area (Å²) in [7, 11) is -2.94. The van der Waals surface area contributed by atoms with Gasteiger partial charge in [-0.2, -0.15) is 0 Å². The Balaban J connectivity index is 1.23. The lowest BCUT2D eigenvalue weighted by molar-refractivity contribution is -0.284. The van der Waals surface area contributed by atoms with Crippen LogP contribution in [-0.2, 0) is 131 Å². The van der Waals surface area contributed by atoms with Gasteiger partial charge >= 0.3 is 7.82 Å². The van der Waals surface area contributed by atoms with E-state index in [-0.39, 0.29) is 180 Å². The summed E-state index contributed by atoms with van der Waals surface area (Å²) in [4.78, 5) is 63.0. The molecule has 16 unspecified atom stereocenters. The van der Waals surface area contributed by atoms with Gasteiger partial charge < -0.3 is 136 Å². The minimum absolute atomic E-state index is 0.0246. The molecule has 3 aliphatic heterocycles. The number of rotatable bonds is 75. The van der Waals surface area contributed by atoms with Crippen molar-refractivity contribution in [1.29, 1.82) is 0 Å². The number of nitrogens with zero attached hydrogens (tertiary/aromatic N) is 3. The van der Waals surface area contributed by atoms with Gasteiger partial charge in [-0.05, 0) is 51.4 Å². The standard InChI is InChI=1S/C75H136N3O35P/c1-55-66(86)69(89)63(49-79)111-72(55)107-44-41-101-38-35-98-32-29-95-22-10-15-59(82)18-26-104-52-75(47-62(85)14-6-5-8-21-78-48-58(76-77-78)13-7-9-25-110-114(92,93)94-4,53-105-27-19-60(83)16-11-23-96-30-33-99-36-39-102-42-45-108-73-56(2)67(87)70(90)64(50-80)112-73)54-106-28-20-61(84)17-12-24-97-31-34-100-37-40-103-43-46-109-74-57(3)68(88)71(91)65(51-81)113-74/h48,55-57,63-74,79-81,86-91H,5-47,49-54H2,1-4H3,(H,92,93). The molecule has 0 saturated carbocycles. The minimum Gasteiger partial charge on any atom is -0.394 e. The summed E-state index contributed by atoms with van der Waals surface area (Å²) in [6, 6.07) is 0. The number of ketones is 4. The number of Topliss-reactive ketones (excluding diaryl/α,β-unsaturated/α-hetero) is 4. The second kappa shape index (κ2) is 62.9. The second-order valence-electron chi connectivity index (χ2n) is 28.6. The highest BCUT2D eigenvalue weighted by atomic mass is 31.2. The number of ether oxygens (including phenoxy) is 18. The van der Waals surface area contributed by atoms with Gasteiger partial charge in [0.2, 0.25) is 0 Å². The molecule has 0 spiro atoms. The Hall–Kier alpha value is -3.15. The number of aliphatic hydroxyl groups excluding tert-OH is 9. The summed E-state index contributed by atoms with van der Waals surface area (Å²) in [6.45, 7) is 9.90. The largest absolute Gasteiger partial charge is 0.471 e. The fourth-order valence-corrected chi connectivity index (χ4v) is 12.7. The zero-order valence-corrected chi connectivity index (χ0v) is 68.2. The van der Waals surface area contributed by atoms with E-state index in [1.165, 1.54) is 0 Å². The zero-order valence-electron chi connectivity index (χ0n) is 67.4. The molecule has 10 N–H and O–H groups in total. The number of phosphoric ester groups is 1. The van der Waals surface area contributed by atoms with E-state index < -0.39 is 125 Å². The normalized spacial score (nSPS) is 25.1. The van der Waals surface area contributed by atoms with Gasteiger partial charge in [0, 0.05) is 114 Å². The summed E-state index contributed by atoms with van der Waals surface area (Å²) in [5.41, 5.74) is -0.320. The van der Waals surface area contributed by atoms with Crippen LogP contribution in [0.3, 0.4) is 0 Å². The summed E-state index contributed by atoms with van der Waals surface area (Å²) < 4.78 is 125. The summed E-state index contributed by atoms with van der Waals surface area (Å²) in [5.74, 6) is -1.79. The van der Waals surface area contributed by atoms with Crippen molar-refractivity contribution in [2.24, 2.45) is 23.2 Å². The second-order valence-corrected chi connectivity index (χ2v) is 30.2. The average Bonchev–Trinajstić information content (AvgIpc) is 0.880. The number of hydrogen-bond acceptors (Lipinski definition) is 36. The smallest absolute Gasteiger partial charge is 0.394 e. The predicted molar refractivity (Wildman–Crippen MR) is 401 cm³/mol. The van der Waals surface area contributed by atoms with E-state index in [0.717, 1.165) is 12.8 Å². The monoisotopic (exact) mass is 1670 g/mol. The molecule has 4 rings (SSSR count). The highest BCUT2D eigenvalue weighted by Gasteiger charge is 2.45. The van der Waals surface area contributed by atoms with E-state index in [0.29, 0.717) is 144 Å². The topological polar surface area (TPSA) is 503 Å². The Kier molecular flexibility index (Phi) is 56.9. The Morgan fingerprint density at radius 3 is 1.08 bits per heavy atom. The number of aromatic nitrogens is 3. The molecule has 666 valence electrons. The lowest BCUT2D eigenvalue weighted by atomic mass is 9.84. The van der Waals surface area contributed by atoms with Crippen LogP contribution in [0.1, 0.15) is 129 Å². The third kappa shape index (κ3) is 44.4. The first kappa shape index (κ1) is 103. The molecular formula is C75H136N3O35P. The van der Waals surface area contributed by atoms with Crippen LogP contribution in [0, 0.1) is 23.2 Å².